The number of carboxylic acids is 1. The fraction of sp³-hybridized carbons (Fsp3) is 0.143. The van der Waals surface area contributed by atoms with Gasteiger partial charge in [-0.1, -0.05) is 23.9 Å². The van der Waals surface area contributed by atoms with Crippen LogP contribution in [0.5, 0.6) is 0 Å². The summed E-state index contributed by atoms with van der Waals surface area (Å²) in [6.07, 6.45) is 0. The molecule has 1 aromatic carbocycles. The van der Waals surface area contributed by atoms with Gasteiger partial charge in [0.15, 0.2) is 5.09 Å². The van der Waals surface area contributed by atoms with Crippen LogP contribution in [0.2, 0.25) is 0 Å². The van der Waals surface area contributed by atoms with Crippen LogP contribution in [0.4, 0.5) is 5.69 Å². The van der Waals surface area contributed by atoms with Crippen LogP contribution >= 0.6 is 11.8 Å². The molecule has 0 spiro atoms. The highest BCUT2D eigenvalue weighted by atomic mass is 32.2. The summed E-state index contributed by atoms with van der Waals surface area (Å²) < 4.78 is 5.05. The molecule has 1 aromatic heterocycles. The maximum Gasteiger partial charge on any atom is 0.371 e. The molecule has 0 bridgehead atoms. The predicted octanol–water partition coefficient (Wildman–Crippen LogP) is 3.02. The number of aryl methyl sites for hydroxylation is 1. The number of benzene rings is 1. The third-order valence-corrected chi connectivity index (χ3v) is 3.35. The van der Waals surface area contributed by atoms with Crippen LogP contribution in [0.1, 0.15) is 16.1 Å². The summed E-state index contributed by atoms with van der Waals surface area (Å²) in [5.74, 6) is -1.28. The first-order chi connectivity index (χ1) is 9.54. The number of furan rings is 1. The van der Waals surface area contributed by atoms with Gasteiger partial charge in [0.1, 0.15) is 0 Å². The second kappa shape index (κ2) is 6.29. The molecule has 5 nitrogen and oxygen atoms in total. The molecule has 0 aliphatic rings. The molecule has 0 saturated heterocycles. The van der Waals surface area contributed by atoms with E-state index in [1.165, 1.54) is 12.1 Å². The lowest BCUT2D eigenvalue weighted by molar-refractivity contribution is -0.113. The van der Waals surface area contributed by atoms with Crippen molar-refractivity contribution < 1.29 is 19.1 Å². The van der Waals surface area contributed by atoms with E-state index in [1.54, 1.807) is 0 Å². The molecular weight excluding hydrogens is 278 g/mol. The lowest BCUT2D eigenvalue weighted by atomic mass is 10.2. The van der Waals surface area contributed by atoms with Crippen molar-refractivity contribution in [2.75, 3.05) is 11.1 Å². The molecule has 2 N–H and O–H groups in total. The number of amides is 1. The van der Waals surface area contributed by atoms with Gasteiger partial charge in [-0.2, -0.15) is 0 Å². The van der Waals surface area contributed by atoms with E-state index in [4.69, 9.17) is 9.52 Å². The third kappa shape index (κ3) is 3.89. The van der Waals surface area contributed by atoms with Crippen molar-refractivity contribution in [3.63, 3.8) is 0 Å². The van der Waals surface area contributed by atoms with Crippen molar-refractivity contribution in [3.8, 4) is 0 Å². The zero-order chi connectivity index (χ0) is 14.5. The average Bonchev–Trinajstić information content (AvgIpc) is 2.85. The quantitative estimate of drug-likeness (QED) is 0.828. The number of thioether (sulfide) groups is 1. The van der Waals surface area contributed by atoms with E-state index in [0.29, 0.717) is 5.09 Å². The summed E-state index contributed by atoms with van der Waals surface area (Å²) in [5, 5.41) is 11.9. The maximum absolute atomic E-state index is 11.7. The van der Waals surface area contributed by atoms with Crippen molar-refractivity contribution in [1.82, 2.24) is 0 Å². The van der Waals surface area contributed by atoms with E-state index in [0.717, 1.165) is 23.0 Å². The molecule has 1 heterocycles. The van der Waals surface area contributed by atoms with Crippen molar-refractivity contribution in [1.29, 1.82) is 0 Å². The summed E-state index contributed by atoms with van der Waals surface area (Å²) >= 11 is 1.15. The van der Waals surface area contributed by atoms with Crippen molar-refractivity contribution in [2.24, 2.45) is 0 Å². The van der Waals surface area contributed by atoms with Crippen molar-refractivity contribution >= 4 is 29.3 Å². The van der Waals surface area contributed by atoms with Crippen LogP contribution in [-0.2, 0) is 4.79 Å². The Kier molecular flexibility index (Phi) is 4.47. The molecule has 2 aromatic rings. The van der Waals surface area contributed by atoms with E-state index in [2.05, 4.69) is 5.32 Å². The Morgan fingerprint density at radius 2 is 2.10 bits per heavy atom. The summed E-state index contributed by atoms with van der Waals surface area (Å²) in [7, 11) is 0. The molecule has 0 saturated carbocycles. The lowest BCUT2D eigenvalue weighted by Gasteiger charge is -2.04. The highest BCUT2D eigenvalue weighted by Crippen LogP contribution is 2.21. The lowest BCUT2D eigenvalue weighted by Crippen LogP contribution is -2.13. The van der Waals surface area contributed by atoms with Crippen LogP contribution in [0.25, 0.3) is 0 Å². The number of carbonyl (C=O) groups excluding carboxylic acids is 1. The molecule has 0 radical (unpaired) electrons. The van der Waals surface area contributed by atoms with E-state index in [1.807, 2.05) is 31.2 Å². The van der Waals surface area contributed by atoms with Gasteiger partial charge >= 0.3 is 5.97 Å². The fourth-order valence-electron chi connectivity index (χ4n) is 1.57. The Balaban J connectivity index is 1.87. The highest BCUT2D eigenvalue weighted by molar-refractivity contribution is 7.99. The van der Waals surface area contributed by atoms with E-state index < -0.39 is 5.97 Å². The number of rotatable bonds is 5. The molecule has 0 aliphatic carbocycles. The van der Waals surface area contributed by atoms with Gasteiger partial charge in [0.05, 0.1) is 5.75 Å². The number of nitrogens with one attached hydrogen (secondary N) is 1. The number of carboxylic acid groups (broad SMARTS) is 1. The normalized spacial score (nSPS) is 10.2. The summed E-state index contributed by atoms with van der Waals surface area (Å²) in [5.41, 5.74) is 1.80. The first-order valence-corrected chi connectivity index (χ1v) is 6.85. The molecular formula is C14H13NO4S. The first-order valence-electron chi connectivity index (χ1n) is 5.87. The van der Waals surface area contributed by atoms with E-state index >= 15 is 0 Å². The zero-order valence-corrected chi connectivity index (χ0v) is 11.6. The molecule has 0 unspecified atom stereocenters. The largest absolute Gasteiger partial charge is 0.475 e. The zero-order valence-electron chi connectivity index (χ0n) is 10.8. The van der Waals surface area contributed by atoms with Gasteiger partial charge in [-0.05, 0) is 36.8 Å². The molecule has 2 rings (SSSR count). The molecule has 0 atom stereocenters. The second-order valence-corrected chi connectivity index (χ2v) is 5.11. The molecule has 20 heavy (non-hydrogen) atoms. The van der Waals surface area contributed by atoms with Gasteiger partial charge < -0.3 is 14.8 Å². The number of hydrogen-bond acceptors (Lipinski definition) is 4. The van der Waals surface area contributed by atoms with Gasteiger partial charge in [0.2, 0.25) is 11.7 Å². The SMILES string of the molecule is Cc1cccc(NC(=O)CSc2ccc(C(=O)O)o2)c1. The minimum atomic E-state index is -1.12. The van der Waals surface area contributed by atoms with E-state index in [-0.39, 0.29) is 17.4 Å². The van der Waals surface area contributed by atoms with Crippen LogP contribution in [0, 0.1) is 6.92 Å². The maximum atomic E-state index is 11.7. The Labute approximate surface area is 120 Å². The predicted molar refractivity (Wildman–Crippen MR) is 76.2 cm³/mol. The Morgan fingerprint density at radius 3 is 2.75 bits per heavy atom. The summed E-state index contributed by atoms with van der Waals surface area (Å²) in [6.45, 7) is 1.95. The standard InChI is InChI=1S/C14H13NO4S/c1-9-3-2-4-10(7-9)15-12(16)8-20-13-6-5-11(19-13)14(17)18/h2-7H,8H2,1H3,(H,15,16)(H,17,18). The average molecular weight is 291 g/mol. The smallest absolute Gasteiger partial charge is 0.371 e. The minimum Gasteiger partial charge on any atom is -0.475 e. The number of aromatic carboxylic acids is 1. The Bertz CT molecular complexity index is 636. The van der Waals surface area contributed by atoms with Gasteiger partial charge in [-0.3, -0.25) is 4.79 Å². The Hall–Kier alpha value is -2.21. The molecule has 104 valence electrons. The van der Waals surface area contributed by atoms with Crippen molar-refractivity contribution in [3.05, 3.63) is 47.7 Å². The molecule has 1 amide bonds. The van der Waals surface area contributed by atoms with Gasteiger partial charge in [0.25, 0.3) is 0 Å². The number of anilines is 1. The minimum absolute atomic E-state index is 0.133. The first kappa shape index (κ1) is 14.2. The number of carbonyl (C=O) groups is 2. The third-order valence-electron chi connectivity index (χ3n) is 2.44. The molecule has 6 heteroatoms. The van der Waals surface area contributed by atoms with Crippen LogP contribution in [0.15, 0.2) is 45.9 Å². The molecule has 0 aliphatic heterocycles. The number of hydrogen-bond donors (Lipinski definition) is 2. The monoisotopic (exact) mass is 291 g/mol. The summed E-state index contributed by atoms with van der Waals surface area (Å²) in [6, 6.07) is 10.4. The van der Waals surface area contributed by atoms with Crippen LogP contribution in [-0.4, -0.2) is 22.7 Å². The van der Waals surface area contributed by atoms with Gasteiger partial charge in [-0.15, -0.1) is 0 Å². The topological polar surface area (TPSA) is 79.5 Å². The van der Waals surface area contributed by atoms with Crippen molar-refractivity contribution in [2.45, 2.75) is 12.0 Å². The fourth-order valence-corrected chi connectivity index (χ4v) is 2.23. The second-order valence-electron chi connectivity index (χ2n) is 4.13. The van der Waals surface area contributed by atoms with Gasteiger partial charge in [-0.25, -0.2) is 4.79 Å². The Morgan fingerprint density at radius 1 is 1.30 bits per heavy atom. The van der Waals surface area contributed by atoms with Gasteiger partial charge in [0, 0.05) is 5.69 Å². The highest BCUT2D eigenvalue weighted by Gasteiger charge is 2.11. The molecule has 0 fully saturated rings. The van der Waals surface area contributed by atoms with Crippen LogP contribution in [0.3, 0.4) is 0 Å². The van der Waals surface area contributed by atoms with Crippen LogP contribution < -0.4 is 5.32 Å². The summed E-state index contributed by atoms with van der Waals surface area (Å²) in [4.78, 5) is 22.4. The van der Waals surface area contributed by atoms with E-state index in [9.17, 15) is 9.59 Å².